The number of carbonyl (C=O) groups is 1. The van der Waals surface area contributed by atoms with Crippen LogP contribution in [0.2, 0.25) is 5.02 Å². The fourth-order valence-electron chi connectivity index (χ4n) is 2.74. The van der Waals surface area contributed by atoms with Gasteiger partial charge in [-0.15, -0.1) is 0 Å². The highest BCUT2D eigenvalue weighted by molar-refractivity contribution is 6.30. The van der Waals surface area contributed by atoms with Gasteiger partial charge in [0.05, 0.1) is 6.54 Å². The van der Waals surface area contributed by atoms with Crippen LogP contribution in [0.3, 0.4) is 0 Å². The zero-order chi connectivity index (χ0) is 16.2. The SMILES string of the molecule is Cn1cc(C(=O)CNCCc2ccc(Cl)cc2)c2ccccc21. The van der Waals surface area contributed by atoms with Crippen LogP contribution in [-0.4, -0.2) is 23.4 Å². The number of Topliss-reactive ketones (excluding diaryl/α,β-unsaturated/α-hetero) is 1. The Hall–Kier alpha value is -2.10. The molecule has 3 aromatic rings. The quantitative estimate of drug-likeness (QED) is 0.551. The first kappa shape index (κ1) is 15.8. The van der Waals surface area contributed by atoms with Crippen molar-refractivity contribution < 1.29 is 4.79 Å². The normalized spacial score (nSPS) is 11.0. The standard InChI is InChI=1S/C19H19ClN2O/c1-22-13-17(16-4-2-3-5-18(16)22)19(23)12-21-11-10-14-6-8-15(20)9-7-14/h2-9,13,21H,10-12H2,1H3. The van der Waals surface area contributed by atoms with E-state index in [0.717, 1.165) is 34.5 Å². The summed E-state index contributed by atoms with van der Waals surface area (Å²) in [6, 6.07) is 15.8. The number of aromatic nitrogens is 1. The van der Waals surface area contributed by atoms with Gasteiger partial charge in [-0.3, -0.25) is 4.79 Å². The highest BCUT2D eigenvalue weighted by atomic mass is 35.5. The maximum atomic E-state index is 12.4. The molecule has 0 radical (unpaired) electrons. The summed E-state index contributed by atoms with van der Waals surface area (Å²) in [4.78, 5) is 12.4. The highest BCUT2D eigenvalue weighted by Crippen LogP contribution is 2.20. The summed E-state index contributed by atoms with van der Waals surface area (Å²) >= 11 is 5.87. The van der Waals surface area contributed by atoms with Gasteiger partial charge in [0.25, 0.3) is 0 Å². The van der Waals surface area contributed by atoms with Crippen LogP contribution in [0.1, 0.15) is 15.9 Å². The molecule has 1 heterocycles. The Morgan fingerprint density at radius 3 is 2.65 bits per heavy atom. The molecule has 0 aliphatic carbocycles. The molecule has 0 aliphatic rings. The Kier molecular flexibility index (Phi) is 4.79. The molecule has 4 heteroatoms. The highest BCUT2D eigenvalue weighted by Gasteiger charge is 2.12. The monoisotopic (exact) mass is 326 g/mol. The van der Waals surface area contributed by atoms with Crippen molar-refractivity contribution in [2.45, 2.75) is 6.42 Å². The predicted octanol–water partition coefficient (Wildman–Crippen LogP) is 3.85. The van der Waals surface area contributed by atoms with Gasteiger partial charge in [0.15, 0.2) is 5.78 Å². The van der Waals surface area contributed by atoms with E-state index < -0.39 is 0 Å². The van der Waals surface area contributed by atoms with Crippen molar-refractivity contribution >= 4 is 28.3 Å². The Bertz CT molecular complexity index is 821. The van der Waals surface area contributed by atoms with Crippen LogP contribution in [0.15, 0.2) is 54.7 Å². The molecule has 3 rings (SSSR count). The molecule has 1 N–H and O–H groups in total. The molecule has 0 fully saturated rings. The Labute approximate surface area is 140 Å². The second-order valence-electron chi connectivity index (χ2n) is 5.65. The summed E-state index contributed by atoms with van der Waals surface area (Å²) in [6.45, 7) is 1.11. The lowest BCUT2D eigenvalue weighted by Gasteiger charge is -2.04. The number of aryl methyl sites for hydroxylation is 1. The molecule has 3 nitrogen and oxygen atoms in total. The zero-order valence-corrected chi connectivity index (χ0v) is 13.8. The Morgan fingerprint density at radius 1 is 1.13 bits per heavy atom. The summed E-state index contributed by atoms with van der Waals surface area (Å²) in [5.74, 6) is 0.123. The summed E-state index contributed by atoms with van der Waals surface area (Å²) in [5, 5.41) is 4.99. The second kappa shape index (κ2) is 6.99. The van der Waals surface area contributed by atoms with Crippen molar-refractivity contribution in [1.82, 2.24) is 9.88 Å². The van der Waals surface area contributed by atoms with E-state index in [9.17, 15) is 4.79 Å². The molecule has 0 amide bonds. The number of benzene rings is 2. The van der Waals surface area contributed by atoms with Gasteiger partial charge in [-0.25, -0.2) is 0 Å². The van der Waals surface area contributed by atoms with Gasteiger partial charge in [-0.1, -0.05) is 41.9 Å². The summed E-state index contributed by atoms with van der Waals surface area (Å²) in [7, 11) is 1.97. The molecule has 0 aliphatic heterocycles. The molecule has 2 aromatic carbocycles. The first-order valence-electron chi connectivity index (χ1n) is 7.67. The fourth-order valence-corrected chi connectivity index (χ4v) is 2.87. The second-order valence-corrected chi connectivity index (χ2v) is 6.08. The largest absolute Gasteiger partial charge is 0.350 e. The first-order valence-corrected chi connectivity index (χ1v) is 8.05. The van der Waals surface area contributed by atoms with E-state index in [1.54, 1.807) is 0 Å². The van der Waals surface area contributed by atoms with E-state index in [0.29, 0.717) is 6.54 Å². The number of rotatable bonds is 6. The van der Waals surface area contributed by atoms with Crippen LogP contribution in [0.5, 0.6) is 0 Å². The fraction of sp³-hybridized carbons (Fsp3) is 0.211. The van der Waals surface area contributed by atoms with E-state index >= 15 is 0 Å². The molecule has 0 saturated heterocycles. The molecule has 0 unspecified atom stereocenters. The van der Waals surface area contributed by atoms with Crippen molar-refractivity contribution in [1.29, 1.82) is 0 Å². The van der Waals surface area contributed by atoms with Gasteiger partial charge in [0, 0.05) is 34.7 Å². The Morgan fingerprint density at radius 2 is 1.87 bits per heavy atom. The summed E-state index contributed by atoms with van der Waals surface area (Å²) < 4.78 is 2.00. The van der Waals surface area contributed by atoms with E-state index in [-0.39, 0.29) is 5.78 Å². The molecule has 118 valence electrons. The predicted molar refractivity (Wildman–Crippen MR) is 95.3 cm³/mol. The Balaban J connectivity index is 1.57. The van der Waals surface area contributed by atoms with Crippen LogP contribution in [0, 0.1) is 0 Å². The smallest absolute Gasteiger partial charge is 0.178 e. The van der Waals surface area contributed by atoms with E-state index in [1.165, 1.54) is 5.56 Å². The van der Waals surface area contributed by atoms with Crippen molar-refractivity contribution in [2.24, 2.45) is 7.05 Å². The van der Waals surface area contributed by atoms with Crippen molar-refractivity contribution in [3.05, 3.63) is 70.9 Å². The van der Waals surface area contributed by atoms with Crippen LogP contribution in [-0.2, 0) is 13.5 Å². The summed E-state index contributed by atoms with van der Waals surface area (Å²) in [6.07, 6.45) is 2.79. The van der Waals surface area contributed by atoms with Gasteiger partial charge in [0.1, 0.15) is 0 Å². The molecular weight excluding hydrogens is 308 g/mol. The van der Waals surface area contributed by atoms with E-state index in [2.05, 4.69) is 5.32 Å². The lowest BCUT2D eigenvalue weighted by molar-refractivity contribution is 0.0993. The minimum atomic E-state index is 0.123. The first-order chi connectivity index (χ1) is 11.1. The zero-order valence-electron chi connectivity index (χ0n) is 13.1. The third-order valence-electron chi connectivity index (χ3n) is 3.99. The van der Waals surface area contributed by atoms with Crippen LogP contribution < -0.4 is 5.32 Å². The van der Waals surface area contributed by atoms with Crippen LogP contribution in [0.4, 0.5) is 0 Å². The molecule has 0 atom stereocenters. The van der Waals surface area contributed by atoms with Gasteiger partial charge >= 0.3 is 0 Å². The number of halogens is 1. The maximum absolute atomic E-state index is 12.4. The van der Waals surface area contributed by atoms with Crippen molar-refractivity contribution in [2.75, 3.05) is 13.1 Å². The van der Waals surface area contributed by atoms with E-state index in [1.807, 2.05) is 66.3 Å². The van der Waals surface area contributed by atoms with Gasteiger partial charge in [-0.05, 0) is 36.7 Å². The minimum absolute atomic E-state index is 0.123. The van der Waals surface area contributed by atoms with Crippen LogP contribution in [0.25, 0.3) is 10.9 Å². The number of para-hydroxylation sites is 1. The van der Waals surface area contributed by atoms with Gasteiger partial charge in [-0.2, -0.15) is 0 Å². The number of nitrogens with one attached hydrogen (secondary N) is 1. The summed E-state index contributed by atoms with van der Waals surface area (Å²) in [5.41, 5.74) is 3.07. The van der Waals surface area contributed by atoms with Crippen molar-refractivity contribution in [3.63, 3.8) is 0 Å². The van der Waals surface area contributed by atoms with Crippen LogP contribution >= 0.6 is 11.6 Å². The number of fused-ring (bicyclic) bond motifs is 1. The average molecular weight is 327 g/mol. The molecule has 1 aromatic heterocycles. The molecule has 0 saturated carbocycles. The minimum Gasteiger partial charge on any atom is -0.350 e. The van der Waals surface area contributed by atoms with Gasteiger partial charge in [0.2, 0.25) is 0 Å². The number of hydrogen-bond acceptors (Lipinski definition) is 2. The number of ketones is 1. The average Bonchev–Trinajstić information content (AvgIpc) is 2.91. The molecule has 0 bridgehead atoms. The maximum Gasteiger partial charge on any atom is 0.178 e. The lowest BCUT2D eigenvalue weighted by Crippen LogP contribution is -2.25. The molecule has 23 heavy (non-hydrogen) atoms. The van der Waals surface area contributed by atoms with Gasteiger partial charge < -0.3 is 9.88 Å². The van der Waals surface area contributed by atoms with Crippen molar-refractivity contribution in [3.8, 4) is 0 Å². The molecular formula is C19H19ClN2O. The van der Waals surface area contributed by atoms with E-state index in [4.69, 9.17) is 11.6 Å². The number of nitrogens with zero attached hydrogens (tertiary/aromatic N) is 1. The molecule has 0 spiro atoms. The lowest BCUT2D eigenvalue weighted by atomic mass is 10.1. The third-order valence-corrected chi connectivity index (χ3v) is 4.24. The number of carbonyl (C=O) groups excluding carboxylic acids is 1. The number of hydrogen-bond donors (Lipinski definition) is 1. The topological polar surface area (TPSA) is 34.0 Å². The third kappa shape index (κ3) is 3.63.